The number of benzene rings is 2. The van der Waals surface area contributed by atoms with E-state index in [9.17, 15) is 10.1 Å². The third-order valence-corrected chi connectivity index (χ3v) is 5.72. The fourth-order valence-corrected chi connectivity index (χ4v) is 3.71. The number of amides is 1. The van der Waals surface area contributed by atoms with Crippen molar-refractivity contribution in [2.75, 3.05) is 18.5 Å². The summed E-state index contributed by atoms with van der Waals surface area (Å²) in [5.74, 6) is 1.10. The fourth-order valence-electron chi connectivity index (χ4n) is 2.99. The average Bonchev–Trinajstić information content (AvgIpc) is 3.32. The Balaban J connectivity index is 1.61. The van der Waals surface area contributed by atoms with Crippen LogP contribution in [0, 0.1) is 11.3 Å². The van der Waals surface area contributed by atoms with Crippen LogP contribution in [0.3, 0.4) is 0 Å². The van der Waals surface area contributed by atoms with Crippen molar-refractivity contribution in [2.24, 2.45) is 0 Å². The number of hydrogen-bond donors (Lipinski definition) is 1. The number of rotatable bonds is 12. The first kappa shape index (κ1) is 25.0. The molecule has 0 unspecified atom stereocenters. The minimum Gasteiger partial charge on any atom is -0.494 e. The highest BCUT2D eigenvalue weighted by Crippen LogP contribution is 2.27. The number of hydrogen-bond acceptors (Lipinski definition) is 6. The normalized spacial score (nSPS) is 11.0. The summed E-state index contributed by atoms with van der Waals surface area (Å²) in [6.45, 7) is 5.61. The van der Waals surface area contributed by atoms with Crippen LogP contribution in [0.25, 0.3) is 17.3 Å². The zero-order chi connectivity index (χ0) is 24.2. The quantitative estimate of drug-likeness (QED) is 0.179. The van der Waals surface area contributed by atoms with Gasteiger partial charge in [0.15, 0.2) is 5.13 Å². The van der Waals surface area contributed by atoms with Gasteiger partial charge in [-0.2, -0.15) is 5.26 Å². The lowest BCUT2D eigenvalue weighted by Crippen LogP contribution is -2.13. The Morgan fingerprint density at radius 3 is 2.15 bits per heavy atom. The summed E-state index contributed by atoms with van der Waals surface area (Å²) < 4.78 is 11.3. The summed E-state index contributed by atoms with van der Waals surface area (Å²) >= 11 is 1.31. The van der Waals surface area contributed by atoms with Gasteiger partial charge in [0.1, 0.15) is 23.1 Å². The molecule has 0 saturated carbocycles. The molecule has 0 aliphatic heterocycles. The molecule has 0 fully saturated rings. The van der Waals surface area contributed by atoms with Gasteiger partial charge in [0, 0.05) is 10.9 Å². The van der Waals surface area contributed by atoms with Gasteiger partial charge in [-0.25, -0.2) is 4.98 Å². The van der Waals surface area contributed by atoms with E-state index in [1.165, 1.54) is 11.3 Å². The summed E-state index contributed by atoms with van der Waals surface area (Å²) in [7, 11) is 0. The van der Waals surface area contributed by atoms with E-state index < -0.39 is 5.91 Å². The second kappa shape index (κ2) is 13.2. The van der Waals surface area contributed by atoms with Crippen LogP contribution in [0.15, 0.2) is 59.5 Å². The Morgan fingerprint density at radius 1 is 1.00 bits per heavy atom. The molecule has 0 aliphatic rings. The van der Waals surface area contributed by atoms with Crippen molar-refractivity contribution in [3.63, 3.8) is 0 Å². The predicted molar refractivity (Wildman–Crippen MR) is 137 cm³/mol. The average molecular weight is 476 g/mol. The van der Waals surface area contributed by atoms with Crippen LogP contribution in [0.1, 0.15) is 45.1 Å². The molecule has 3 rings (SSSR count). The molecule has 0 aliphatic carbocycles. The molecule has 176 valence electrons. The third kappa shape index (κ3) is 7.46. The fraction of sp³-hybridized carbons (Fsp3) is 0.296. The lowest BCUT2D eigenvalue weighted by Gasteiger charge is -2.06. The number of thiazole rings is 1. The first-order valence-corrected chi connectivity index (χ1v) is 12.4. The maximum Gasteiger partial charge on any atom is 0.268 e. The molecule has 2 aromatic carbocycles. The molecular formula is C27H29N3O3S. The maximum atomic E-state index is 12.6. The van der Waals surface area contributed by atoms with E-state index >= 15 is 0 Å². The first-order chi connectivity index (χ1) is 16.6. The van der Waals surface area contributed by atoms with Crippen LogP contribution >= 0.6 is 11.3 Å². The lowest BCUT2D eigenvalue weighted by molar-refractivity contribution is -0.112. The molecule has 0 radical (unpaired) electrons. The standard InChI is InChI=1S/C27H29N3O3S/c1-3-5-15-32-23-11-7-20(8-12-23)17-22(18-28)26(31)30-27-29-25(19-34-27)21-9-13-24(14-10-21)33-16-6-4-2/h7-14,17,19H,3-6,15-16H2,1-2H3,(H,29,30,31)/b22-17+. The molecule has 34 heavy (non-hydrogen) atoms. The topological polar surface area (TPSA) is 84.2 Å². The first-order valence-electron chi connectivity index (χ1n) is 11.5. The maximum absolute atomic E-state index is 12.6. The Hall–Kier alpha value is -3.63. The zero-order valence-electron chi connectivity index (χ0n) is 19.5. The summed E-state index contributed by atoms with van der Waals surface area (Å²) in [6.07, 6.45) is 5.74. The molecule has 1 aromatic heterocycles. The van der Waals surface area contributed by atoms with E-state index in [0.29, 0.717) is 18.3 Å². The SMILES string of the molecule is CCCCOc1ccc(/C=C(\C#N)C(=O)Nc2nc(-c3ccc(OCCCC)cc3)cs2)cc1. The number of ether oxygens (including phenoxy) is 2. The van der Waals surface area contributed by atoms with Crippen LogP contribution in [0.2, 0.25) is 0 Å². The molecule has 0 bridgehead atoms. The molecule has 7 heteroatoms. The molecule has 1 N–H and O–H groups in total. The van der Waals surface area contributed by atoms with Crippen molar-refractivity contribution in [2.45, 2.75) is 39.5 Å². The molecule has 6 nitrogen and oxygen atoms in total. The molecule has 0 atom stereocenters. The van der Waals surface area contributed by atoms with Crippen LogP contribution in [-0.4, -0.2) is 24.1 Å². The summed E-state index contributed by atoms with van der Waals surface area (Å²) in [5, 5.41) is 14.5. The molecule has 0 spiro atoms. The van der Waals surface area contributed by atoms with Crippen molar-refractivity contribution >= 4 is 28.5 Å². The zero-order valence-corrected chi connectivity index (χ0v) is 20.4. The van der Waals surface area contributed by atoms with E-state index in [1.54, 1.807) is 6.08 Å². The number of carbonyl (C=O) groups is 1. The number of nitriles is 1. The highest BCUT2D eigenvalue weighted by atomic mass is 32.1. The van der Waals surface area contributed by atoms with Crippen LogP contribution in [0.5, 0.6) is 11.5 Å². The lowest BCUT2D eigenvalue weighted by atomic mass is 10.1. The van der Waals surface area contributed by atoms with Crippen molar-refractivity contribution in [1.29, 1.82) is 5.26 Å². The second-order valence-electron chi connectivity index (χ2n) is 7.66. The highest BCUT2D eigenvalue weighted by molar-refractivity contribution is 7.14. The summed E-state index contributed by atoms with van der Waals surface area (Å²) in [4.78, 5) is 17.1. The van der Waals surface area contributed by atoms with Crippen molar-refractivity contribution < 1.29 is 14.3 Å². The number of anilines is 1. The molecule has 3 aromatic rings. The Labute approximate surface area is 204 Å². The predicted octanol–water partition coefficient (Wildman–Crippen LogP) is 6.71. The van der Waals surface area contributed by atoms with Crippen LogP contribution < -0.4 is 14.8 Å². The minimum absolute atomic E-state index is 0.00461. The molecule has 1 heterocycles. The van der Waals surface area contributed by atoms with E-state index in [2.05, 4.69) is 24.1 Å². The van der Waals surface area contributed by atoms with Gasteiger partial charge in [-0.05, 0) is 60.9 Å². The number of carbonyl (C=O) groups excluding carboxylic acids is 1. The second-order valence-corrected chi connectivity index (χ2v) is 8.52. The Morgan fingerprint density at radius 2 is 1.59 bits per heavy atom. The van der Waals surface area contributed by atoms with Gasteiger partial charge in [0.05, 0.1) is 18.9 Å². The van der Waals surface area contributed by atoms with Crippen LogP contribution in [-0.2, 0) is 4.79 Å². The van der Waals surface area contributed by atoms with Gasteiger partial charge in [0.25, 0.3) is 5.91 Å². The van der Waals surface area contributed by atoms with Gasteiger partial charge in [-0.3, -0.25) is 10.1 Å². The monoisotopic (exact) mass is 475 g/mol. The molecule has 1 amide bonds. The Bertz CT molecular complexity index is 1130. The molecule has 0 saturated heterocycles. The number of nitrogens with one attached hydrogen (secondary N) is 1. The minimum atomic E-state index is -0.494. The number of nitrogens with zero attached hydrogens (tertiary/aromatic N) is 2. The number of aromatic nitrogens is 1. The van der Waals surface area contributed by atoms with E-state index in [1.807, 2.05) is 60.0 Å². The van der Waals surface area contributed by atoms with E-state index in [4.69, 9.17) is 9.47 Å². The van der Waals surface area contributed by atoms with Gasteiger partial charge in [-0.15, -0.1) is 11.3 Å². The largest absolute Gasteiger partial charge is 0.494 e. The van der Waals surface area contributed by atoms with Crippen LogP contribution in [0.4, 0.5) is 5.13 Å². The van der Waals surface area contributed by atoms with Crippen molar-refractivity contribution in [3.05, 3.63) is 65.0 Å². The number of unbranched alkanes of at least 4 members (excludes halogenated alkanes) is 2. The smallest absolute Gasteiger partial charge is 0.268 e. The van der Waals surface area contributed by atoms with Gasteiger partial charge < -0.3 is 9.47 Å². The van der Waals surface area contributed by atoms with Crippen molar-refractivity contribution in [1.82, 2.24) is 4.98 Å². The summed E-state index contributed by atoms with van der Waals surface area (Å²) in [5.41, 5.74) is 2.43. The third-order valence-electron chi connectivity index (χ3n) is 4.96. The van der Waals surface area contributed by atoms with Crippen molar-refractivity contribution in [3.8, 4) is 28.8 Å². The van der Waals surface area contributed by atoms with Gasteiger partial charge in [-0.1, -0.05) is 38.8 Å². The summed E-state index contributed by atoms with van der Waals surface area (Å²) in [6, 6.07) is 17.0. The van der Waals surface area contributed by atoms with E-state index in [-0.39, 0.29) is 5.57 Å². The van der Waals surface area contributed by atoms with Gasteiger partial charge in [0.2, 0.25) is 0 Å². The van der Waals surface area contributed by atoms with E-state index in [0.717, 1.165) is 54.0 Å². The molecular weight excluding hydrogens is 446 g/mol. The van der Waals surface area contributed by atoms with Gasteiger partial charge >= 0.3 is 0 Å². The highest BCUT2D eigenvalue weighted by Gasteiger charge is 2.13. The Kier molecular flexibility index (Phi) is 9.68.